The Morgan fingerprint density at radius 2 is 1.78 bits per heavy atom. The van der Waals surface area contributed by atoms with E-state index in [1.54, 1.807) is 42.5 Å². The molecule has 2 saturated heterocycles. The molecule has 3 aliphatic rings. The SMILES string of the molecule is Nc1ccc(CCOc2ccc(-c3cc(=O)c4c(O)c(OC5(c6cccc(O)c6)CCCC5)c(O[C@@H]5O[C@H](C(=O)O)[C@](O)(C[C@@H]6CNCN6)[C@@H](O)[C@H]5O)cc4o3)cc2)[nH]1. The number of hydrogen-bond donors (Lipinski definition) is 10. The van der Waals surface area contributed by atoms with Crippen LogP contribution in [0.1, 0.15) is 43.4 Å². The van der Waals surface area contributed by atoms with Gasteiger partial charge in [0, 0.05) is 49.1 Å². The average Bonchev–Trinajstić information content (AvgIpc) is 4.00. The van der Waals surface area contributed by atoms with Crippen LogP contribution in [0.2, 0.25) is 0 Å². The number of aromatic amines is 1. The second-order valence-electron chi connectivity index (χ2n) is 15.3. The fraction of sp³-hybridized carbons (Fsp3) is 0.381. The first-order chi connectivity index (χ1) is 28.3. The number of aliphatic carboxylic acids is 1. The number of carbonyl (C=O) groups is 1. The first-order valence-electron chi connectivity index (χ1n) is 19.4. The van der Waals surface area contributed by atoms with Gasteiger partial charge in [-0.1, -0.05) is 12.1 Å². The zero-order chi connectivity index (χ0) is 41.5. The quantitative estimate of drug-likeness (QED) is 0.0819. The number of aromatic hydroxyl groups is 2. The Morgan fingerprint density at radius 1 is 1.00 bits per heavy atom. The molecule has 11 N–H and O–H groups in total. The molecule has 17 heteroatoms. The monoisotopic (exact) mass is 814 g/mol. The van der Waals surface area contributed by atoms with E-state index in [1.807, 2.05) is 6.07 Å². The van der Waals surface area contributed by atoms with Gasteiger partial charge in [-0.25, -0.2) is 4.79 Å². The maximum atomic E-state index is 13.9. The number of carboxylic acid groups (broad SMARTS) is 1. The number of fused-ring (bicyclic) bond motifs is 1. The number of aromatic nitrogens is 1. The van der Waals surface area contributed by atoms with E-state index in [2.05, 4.69) is 15.6 Å². The molecule has 59 heavy (non-hydrogen) atoms. The van der Waals surface area contributed by atoms with Crippen molar-refractivity contribution >= 4 is 22.8 Å². The highest BCUT2D eigenvalue weighted by Crippen LogP contribution is 2.51. The molecule has 0 radical (unpaired) electrons. The van der Waals surface area contributed by atoms with Crippen molar-refractivity contribution in [2.45, 2.75) is 80.4 Å². The van der Waals surface area contributed by atoms with E-state index >= 15 is 0 Å². The van der Waals surface area contributed by atoms with Crippen LogP contribution in [0.15, 0.2) is 82.0 Å². The highest BCUT2D eigenvalue weighted by molar-refractivity contribution is 5.89. The molecule has 3 aromatic carbocycles. The Balaban J connectivity index is 1.16. The summed E-state index contributed by atoms with van der Waals surface area (Å²) in [6, 6.07) is 18.9. The predicted molar refractivity (Wildman–Crippen MR) is 211 cm³/mol. The third-order valence-electron chi connectivity index (χ3n) is 11.3. The molecule has 0 spiro atoms. The van der Waals surface area contributed by atoms with Gasteiger partial charge in [-0.2, -0.15) is 0 Å². The van der Waals surface area contributed by atoms with Gasteiger partial charge in [-0.15, -0.1) is 0 Å². The van der Waals surface area contributed by atoms with Crippen LogP contribution in [0, 0.1) is 0 Å². The second kappa shape index (κ2) is 16.1. The Labute approximate surface area is 336 Å². The third-order valence-corrected chi connectivity index (χ3v) is 11.3. The van der Waals surface area contributed by atoms with Crippen molar-refractivity contribution in [2.24, 2.45) is 0 Å². The number of carboxylic acids is 1. The minimum Gasteiger partial charge on any atom is -0.508 e. The summed E-state index contributed by atoms with van der Waals surface area (Å²) in [6.07, 6.45) is -5.44. The number of phenols is 2. The molecule has 2 aromatic heterocycles. The minimum absolute atomic E-state index is 0.0185. The molecule has 17 nitrogen and oxygen atoms in total. The molecule has 0 unspecified atom stereocenters. The lowest BCUT2D eigenvalue weighted by Gasteiger charge is -2.47. The van der Waals surface area contributed by atoms with Crippen LogP contribution in [-0.4, -0.2) is 97.7 Å². The van der Waals surface area contributed by atoms with Crippen LogP contribution in [0.5, 0.6) is 28.7 Å². The standard InChI is InChI=1S/C42H46N4O13/c43-32-11-8-24(46-32)12-15-55-27-9-6-22(7-10-27)29-17-28(48)33-30(56-29)18-31(36(34(33)49)59-41(13-1-2-14-41)23-4-3-5-26(47)16-23)57-40-35(50)37(51)42(54,38(58-40)39(52)53)19-25-20-44-21-45-25/h3-11,16-18,25,35,37-38,40,44-47,49-51,54H,1-2,12-15,19-21,43H2,(H,52,53)/t25-,35-,37+,38-,40-,42+/m1/s1. The summed E-state index contributed by atoms with van der Waals surface area (Å²) >= 11 is 0. The lowest BCUT2D eigenvalue weighted by atomic mass is 9.79. The summed E-state index contributed by atoms with van der Waals surface area (Å²) in [5, 5.41) is 72.7. The molecule has 1 aliphatic carbocycles. The lowest BCUT2D eigenvalue weighted by Crippen LogP contribution is -2.70. The lowest BCUT2D eigenvalue weighted by molar-refractivity contribution is -0.307. The van der Waals surface area contributed by atoms with Gasteiger partial charge in [0.1, 0.15) is 57.5 Å². The van der Waals surface area contributed by atoms with Crippen LogP contribution in [0.4, 0.5) is 5.82 Å². The average molecular weight is 815 g/mol. The number of nitrogens with one attached hydrogen (secondary N) is 3. The van der Waals surface area contributed by atoms with Crippen molar-refractivity contribution in [2.75, 3.05) is 25.6 Å². The number of hydrogen-bond acceptors (Lipinski definition) is 15. The van der Waals surface area contributed by atoms with Gasteiger partial charge >= 0.3 is 5.97 Å². The Bertz CT molecular complexity index is 2370. The molecule has 5 aromatic rings. The molecular weight excluding hydrogens is 768 g/mol. The molecule has 0 bridgehead atoms. The number of nitrogen functional groups attached to an aromatic ring is 1. The van der Waals surface area contributed by atoms with Crippen molar-refractivity contribution in [3.8, 4) is 40.1 Å². The molecule has 2 aliphatic heterocycles. The van der Waals surface area contributed by atoms with E-state index in [0.29, 0.717) is 61.8 Å². The summed E-state index contributed by atoms with van der Waals surface area (Å²) in [7, 11) is 0. The number of H-pyrrole nitrogens is 1. The van der Waals surface area contributed by atoms with E-state index < -0.39 is 59.0 Å². The largest absolute Gasteiger partial charge is 0.508 e. The summed E-state index contributed by atoms with van der Waals surface area (Å²) in [5.41, 5.74) is 3.39. The van der Waals surface area contributed by atoms with Gasteiger partial charge in [0.2, 0.25) is 12.0 Å². The van der Waals surface area contributed by atoms with Gasteiger partial charge < -0.3 is 75.4 Å². The van der Waals surface area contributed by atoms with Crippen LogP contribution >= 0.6 is 0 Å². The minimum atomic E-state index is -2.44. The van der Waals surface area contributed by atoms with Gasteiger partial charge in [-0.3, -0.25) is 4.79 Å². The van der Waals surface area contributed by atoms with Crippen molar-refractivity contribution < 1.29 is 58.8 Å². The number of benzene rings is 3. The topological polar surface area (TPSA) is 271 Å². The van der Waals surface area contributed by atoms with E-state index in [-0.39, 0.29) is 40.4 Å². The van der Waals surface area contributed by atoms with Gasteiger partial charge in [0.05, 0.1) is 6.61 Å². The molecule has 6 atom stereocenters. The van der Waals surface area contributed by atoms with Crippen molar-refractivity contribution in [1.29, 1.82) is 0 Å². The highest BCUT2D eigenvalue weighted by Gasteiger charge is 2.59. The molecule has 8 rings (SSSR count). The van der Waals surface area contributed by atoms with Crippen LogP contribution in [0.3, 0.4) is 0 Å². The molecule has 1 saturated carbocycles. The number of nitrogens with two attached hydrogens (primary N) is 1. The number of aliphatic hydroxyl groups excluding tert-OH is 2. The molecule has 0 amide bonds. The third kappa shape index (κ3) is 7.87. The van der Waals surface area contributed by atoms with E-state index in [0.717, 1.165) is 18.5 Å². The van der Waals surface area contributed by atoms with Crippen molar-refractivity contribution in [1.82, 2.24) is 15.6 Å². The fourth-order valence-electron chi connectivity index (χ4n) is 8.30. The zero-order valence-electron chi connectivity index (χ0n) is 31.8. The molecular formula is C42H46N4O13. The highest BCUT2D eigenvalue weighted by atomic mass is 16.7. The van der Waals surface area contributed by atoms with Gasteiger partial charge in [0.25, 0.3) is 0 Å². The summed E-state index contributed by atoms with van der Waals surface area (Å²) in [6.45, 7) is 1.14. The molecule has 4 heterocycles. The van der Waals surface area contributed by atoms with E-state index in [1.165, 1.54) is 24.3 Å². The predicted octanol–water partition coefficient (Wildman–Crippen LogP) is 2.80. The number of rotatable bonds is 13. The van der Waals surface area contributed by atoms with Crippen molar-refractivity contribution in [3.63, 3.8) is 0 Å². The summed E-state index contributed by atoms with van der Waals surface area (Å²) in [5.74, 6) is -1.75. The van der Waals surface area contributed by atoms with Gasteiger partial charge in [-0.05, 0) is 86.2 Å². The number of aliphatic hydroxyl groups is 3. The maximum Gasteiger partial charge on any atom is 0.336 e. The van der Waals surface area contributed by atoms with Crippen molar-refractivity contribution in [3.05, 3.63) is 94.3 Å². The second-order valence-corrected chi connectivity index (χ2v) is 15.3. The summed E-state index contributed by atoms with van der Waals surface area (Å²) in [4.78, 5) is 29.5. The molecule has 312 valence electrons. The Kier molecular flexibility index (Phi) is 10.9. The van der Waals surface area contributed by atoms with E-state index in [9.17, 15) is 40.2 Å². The maximum absolute atomic E-state index is 13.9. The normalized spacial score (nSPS) is 25.2. The number of anilines is 1. The Morgan fingerprint density at radius 3 is 2.46 bits per heavy atom. The first kappa shape index (κ1) is 40.0. The first-order valence-corrected chi connectivity index (χ1v) is 19.4. The zero-order valence-corrected chi connectivity index (χ0v) is 31.8. The molecule has 3 fully saturated rings. The van der Waals surface area contributed by atoms with Crippen LogP contribution < -0.4 is 36.0 Å². The number of phenolic OH excluding ortho intramolecular Hbond substituents is 2. The smallest absolute Gasteiger partial charge is 0.336 e. The van der Waals surface area contributed by atoms with E-state index in [4.69, 9.17) is 29.1 Å². The van der Waals surface area contributed by atoms with Crippen LogP contribution in [-0.2, 0) is 21.6 Å². The Hall–Kier alpha value is -5.82. The van der Waals surface area contributed by atoms with Crippen LogP contribution in [0.25, 0.3) is 22.3 Å². The fourth-order valence-corrected chi connectivity index (χ4v) is 8.30. The number of ether oxygens (including phenoxy) is 4. The summed E-state index contributed by atoms with van der Waals surface area (Å²) < 4.78 is 30.6. The van der Waals surface area contributed by atoms with Gasteiger partial charge in [0.15, 0.2) is 23.0 Å².